The van der Waals surface area contributed by atoms with Gasteiger partial charge < -0.3 is 15.4 Å². The van der Waals surface area contributed by atoms with E-state index in [2.05, 4.69) is 0 Å². The fourth-order valence-electron chi connectivity index (χ4n) is 1.60. The standard InChI is InChI=1S/C13H20N2O2/c1-3-9-15(13(16)10-17-4-2)12-8-6-5-7-11(12)14/h5-8H,3-4,9-10,14H2,1-2H3. The molecule has 1 amide bonds. The number of para-hydroxylation sites is 2. The fraction of sp³-hybridized carbons (Fsp3) is 0.462. The molecule has 1 aromatic rings. The first-order valence-electron chi connectivity index (χ1n) is 5.93. The largest absolute Gasteiger partial charge is 0.397 e. The van der Waals surface area contributed by atoms with Crippen LogP contribution in [0.15, 0.2) is 24.3 Å². The lowest BCUT2D eigenvalue weighted by Crippen LogP contribution is -2.35. The monoisotopic (exact) mass is 236 g/mol. The second-order valence-corrected chi connectivity index (χ2v) is 3.74. The zero-order valence-corrected chi connectivity index (χ0v) is 10.5. The van der Waals surface area contributed by atoms with Crippen molar-refractivity contribution in [3.63, 3.8) is 0 Å². The van der Waals surface area contributed by atoms with Crippen LogP contribution >= 0.6 is 0 Å². The van der Waals surface area contributed by atoms with Gasteiger partial charge in [-0.05, 0) is 25.5 Å². The number of rotatable bonds is 6. The first-order valence-corrected chi connectivity index (χ1v) is 5.93. The molecule has 0 aliphatic carbocycles. The molecule has 0 aromatic heterocycles. The lowest BCUT2D eigenvalue weighted by atomic mass is 10.2. The zero-order chi connectivity index (χ0) is 12.7. The molecule has 1 aromatic carbocycles. The van der Waals surface area contributed by atoms with Gasteiger partial charge in [-0.3, -0.25) is 4.79 Å². The number of hydrogen-bond acceptors (Lipinski definition) is 3. The van der Waals surface area contributed by atoms with E-state index in [0.717, 1.165) is 12.1 Å². The molecule has 2 N–H and O–H groups in total. The van der Waals surface area contributed by atoms with Gasteiger partial charge in [-0.1, -0.05) is 19.1 Å². The number of carbonyl (C=O) groups excluding carboxylic acids is 1. The van der Waals surface area contributed by atoms with Gasteiger partial charge in [0.2, 0.25) is 0 Å². The summed E-state index contributed by atoms with van der Waals surface area (Å²) in [7, 11) is 0. The summed E-state index contributed by atoms with van der Waals surface area (Å²) in [5, 5.41) is 0. The third-order valence-corrected chi connectivity index (χ3v) is 2.41. The van der Waals surface area contributed by atoms with Crippen LogP contribution in [0.1, 0.15) is 20.3 Å². The van der Waals surface area contributed by atoms with E-state index in [1.807, 2.05) is 32.0 Å². The molecule has 0 fully saturated rings. The molecule has 0 unspecified atom stereocenters. The van der Waals surface area contributed by atoms with Gasteiger partial charge in [0, 0.05) is 13.2 Å². The van der Waals surface area contributed by atoms with Gasteiger partial charge in [-0.2, -0.15) is 0 Å². The fourth-order valence-corrected chi connectivity index (χ4v) is 1.60. The number of nitrogens with zero attached hydrogens (tertiary/aromatic N) is 1. The second kappa shape index (κ2) is 6.91. The van der Waals surface area contributed by atoms with Crippen LogP contribution in [0.3, 0.4) is 0 Å². The average molecular weight is 236 g/mol. The van der Waals surface area contributed by atoms with Crippen molar-refractivity contribution in [2.24, 2.45) is 0 Å². The van der Waals surface area contributed by atoms with E-state index in [1.165, 1.54) is 0 Å². The molecule has 0 aliphatic heterocycles. The Morgan fingerprint density at radius 1 is 1.35 bits per heavy atom. The summed E-state index contributed by atoms with van der Waals surface area (Å²) in [5.74, 6) is -0.0494. The molecule has 4 heteroatoms. The minimum Gasteiger partial charge on any atom is -0.397 e. The van der Waals surface area contributed by atoms with Gasteiger partial charge in [0.05, 0.1) is 11.4 Å². The Labute approximate surface area is 102 Å². The van der Waals surface area contributed by atoms with Crippen LogP contribution < -0.4 is 10.6 Å². The highest BCUT2D eigenvalue weighted by molar-refractivity contribution is 5.97. The van der Waals surface area contributed by atoms with Crippen molar-refractivity contribution in [3.05, 3.63) is 24.3 Å². The lowest BCUT2D eigenvalue weighted by molar-refractivity contribution is -0.122. The van der Waals surface area contributed by atoms with Crippen LogP contribution in [0.5, 0.6) is 0 Å². The van der Waals surface area contributed by atoms with Gasteiger partial charge in [-0.25, -0.2) is 0 Å². The first kappa shape index (κ1) is 13.5. The van der Waals surface area contributed by atoms with Crippen LogP contribution in [-0.4, -0.2) is 25.7 Å². The Hall–Kier alpha value is -1.55. The van der Waals surface area contributed by atoms with Crippen molar-refractivity contribution in [3.8, 4) is 0 Å². The number of nitrogen functional groups attached to an aromatic ring is 1. The van der Waals surface area contributed by atoms with Crippen LogP contribution in [0.4, 0.5) is 11.4 Å². The summed E-state index contributed by atoms with van der Waals surface area (Å²) in [5.41, 5.74) is 7.26. The quantitative estimate of drug-likeness (QED) is 0.769. The van der Waals surface area contributed by atoms with Gasteiger partial charge >= 0.3 is 0 Å². The number of anilines is 2. The van der Waals surface area contributed by atoms with Gasteiger partial charge in [-0.15, -0.1) is 0 Å². The molecular weight excluding hydrogens is 216 g/mol. The SMILES string of the molecule is CCCN(C(=O)COCC)c1ccccc1N. The smallest absolute Gasteiger partial charge is 0.253 e. The maximum atomic E-state index is 12.0. The van der Waals surface area contributed by atoms with Gasteiger partial charge in [0.25, 0.3) is 5.91 Å². The van der Waals surface area contributed by atoms with E-state index in [4.69, 9.17) is 10.5 Å². The lowest BCUT2D eigenvalue weighted by Gasteiger charge is -2.23. The highest BCUT2D eigenvalue weighted by atomic mass is 16.5. The Bertz CT molecular complexity index is 366. The normalized spacial score (nSPS) is 10.2. The molecular formula is C13H20N2O2. The Balaban J connectivity index is 2.85. The molecule has 0 saturated heterocycles. The number of hydrogen-bond donors (Lipinski definition) is 1. The predicted molar refractivity (Wildman–Crippen MR) is 70.0 cm³/mol. The Kier molecular flexibility index (Phi) is 5.49. The van der Waals surface area contributed by atoms with Crippen molar-refractivity contribution in [2.75, 3.05) is 30.4 Å². The summed E-state index contributed by atoms with van der Waals surface area (Å²) in [6, 6.07) is 7.39. The topological polar surface area (TPSA) is 55.6 Å². The molecule has 0 saturated carbocycles. The number of nitrogens with two attached hydrogens (primary N) is 1. The second-order valence-electron chi connectivity index (χ2n) is 3.74. The molecule has 17 heavy (non-hydrogen) atoms. The van der Waals surface area contributed by atoms with Gasteiger partial charge in [0.15, 0.2) is 0 Å². The van der Waals surface area contributed by atoms with E-state index in [0.29, 0.717) is 18.8 Å². The molecule has 94 valence electrons. The maximum Gasteiger partial charge on any atom is 0.253 e. The number of ether oxygens (including phenoxy) is 1. The average Bonchev–Trinajstić information content (AvgIpc) is 2.34. The summed E-state index contributed by atoms with van der Waals surface area (Å²) in [4.78, 5) is 13.7. The molecule has 0 atom stereocenters. The third-order valence-electron chi connectivity index (χ3n) is 2.41. The molecule has 0 aliphatic rings. The highest BCUT2D eigenvalue weighted by Gasteiger charge is 2.16. The van der Waals surface area contributed by atoms with E-state index < -0.39 is 0 Å². The minimum absolute atomic E-state index is 0.0494. The van der Waals surface area contributed by atoms with Crippen LogP contribution in [0.2, 0.25) is 0 Å². The first-order chi connectivity index (χ1) is 8.20. The van der Waals surface area contributed by atoms with Crippen molar-refractivity contribution >= 4 is 17.3 Å². The van der Waals surface area contributed by atoms with E-state index in [9.17, 15) is 4.79 Å². The third kappa shape index (κ3) is 3.75. The number of amides is 1. The van der Waals surface area contributed by atoms with E-state index in [-0.39, 0.29) is 12.5 Å². The Morgan fingerprint density at radius 2 is 2.06 bits per heavy atom. The zero-order valence-electron chi connectivity index (χ0n) is 10.5. The summed E-state index contributed by atoms with van der Waals surface area (Å²) in [6.45, 7) is 5.19. The summed E-state index contributed by atoms with van der Waals surface area (Å²) >= 11 is 0. The molecule has 0 heterocycles. The van der Waals surface area contributed by atoms with Crippen molar-refractivity contribution in [1.29, 1.82) is 0 Å². The van der Waals surface area contributed by atoms with Crippen LogP contribution in [0, 0.1) is 0 Å². The van der Waals surface area contributed by atoms with Gasteiger partial charge in [0.1, 0.15) is 6.61 Å². The number of benzene rings is 1. The minimum atomic E-state index is -0.0494. The number of carbonyl (C=O) groups is 1. The molecule has 0 bridgehead atoms. The maximum absolute atomic E-state index is 12.0. The summed E-state index contributed by atoms with van der Waals surface area (Å²) in [6.07, 6.45) is 0.881. The van der Waals surface area contributed by atoms with Crippen molar-refractivity contribution in [1.82, 2.24) is 0 Å². The summed E-state index contributed by atoms with van der Waals surface area (Å²) < 4.78 is 5.15. The predicted octanol–water partition coefficient (Wildman–Crippen LogP) is 2.05. The Morgan fingerprint density at radius 3 is 2.65 bits per heavy atom. The molecule has 0 radical (unpaired) electrons. The highest BCUT2D eigenvalue weighted by Crippen LogP contribution is 2.22. The van der Waals surface area contributed by atoms with Crippen LogP contribution in [0.25, 0.3) is 0 Å². The van der Waals surface area contributed by atoms with E-state index in [1.54, 1.807) is 11.0 Å². The van der Waals surface area contributed by atoms with E-state index >= 15 is 0 Å². The molecule has 4 nitrogen and oxygen atoms in total. The van der Waals surface area contributed by atoms with Crippen molar-refractivity contribution in [2.45, 2.75) is 20.3 Å². The molecule has 0 spiro atoms. The molecule has 1 rings (SSSR count). The van der Waals surface area contributed by atoms with Crippen LogP contribution in [-0.2, 0) is 9.53 Å². The van der Waals surface area contributed by atoms with Crippen molar-refractivity contribution < 1.29 is 9.53 Å².